The lowest BCUT2D eigenvalue weighted by atomic mass is 10.0. The first-order valence-electron chi connectivity index (χ1n) is 9.34. The highest BCUT2D eigenvalue weighted by molar-refractivity contribution is 6.00. The number of nitro benzene ring substituents is 1. The van der Waals surface area contributed by atoms with E-state index in [1.807, 2.05) is 30.3 Å². The second-order valence-electron chi connectivity index (χ2n) is 6.75. The van der Waals surface area contributed by atoms with Gasteiger partial charge >= 0.3 is 0 Å². The van der Waals surface area contributed by atoms with Gasteiger partial charge in [0.1, 0.15) is 18.5 Å². The summed E-state index contributed by atoms with van der Waals surface area (Å²) in [5, 5.41) is 11.7. The van der Waals surface area contributed by atoms with Crippen LogP contribution in [-0.2, 0) is 11.4 Å². The Hall–Kier alpha value is -3.42. The van der Waals surface area contributed by atoms with E-state index in [-0.39, 0.29) is 29.4 Å². The van der Waals surface area contributed by atoms with Crippen LogP contribution in [0.3, 0.4) is 0 Å². The van der Waals surface area contributed by atoms with Crippen LogP contribution >= 0.6 is 0 Å². The molecule has 1 amide bonds. The van der Waals surface area contributed by atoms with Gasteiger partial charge in [-0.15, -0.1) is 0 Å². The molecule has 152 valence electrons. The largest absolute Gasteiger partial charge is 0.493 e. The number of hydrogen-bond acceptors (Lipinski definition) is 6. The van der Waals surface area contributed by atoms with Gasteiger partial charge in [0.2, 0.25) is 0 Å². The number of nitro groups is 1. The molecular formula is C21H22N2O6. The van der Waals surface area contributed by atoms with E-state index >= 15 is 0 Å². The Labute approximate surface area is 168 Å². The maximum absolute atomic E-state index is 13.0. The van der Waals surface area contributed by atoms with Crippen molar-refractivity contribution in [1.82, 2.24) is 4.90 Å². The van der Waals surface area contributed by atoms with Crippen molar-refractivity contribution in [2.24, 2.45) is 0 Å². The highest BCUT2D eigenvalue weighted by Crippen LogP contribution is 2.36. The maximum atomic E-state index is 13.0. The fourth-order valence-electron chi connectivity index (χ4n) is 3.38. The lowest BCUT2D eigenvalue weighted by molar-refractivity contribution is -0.385. The molecule has 1 heterocycles. The first-order chi connectivity index (χ1) is 14.0. The van der Waals surface area contributed by atoms with E-state index in [1.165, 1.54) is 24.1 Å². The van der Waals surface area contributed by atoms with Crippen molar-refractivity contribution in [2.75, 3.05) is 13.7 Å². The summed E-state index contributed by atoms with van der Waals surface area (Å²) in [4.78, 5) is 36.8. The number of piperidine rings is 1. The standard InChI is InChI=1S/C21H22N2O6/c1-28-19-11-17(21(25)22-10-6-5-9-16(22)13-24)18(23(26)27)12-20(19)29-14-15-7-3-2-4-8-15/h2-4,7-8,11-13,16H,5-6,9-10,14H2,1H3/t16-/m1/s1. The predicted octanol–water partition coefficient (Wildman–Crippen LogP) is 3.38. The third kappa shape index (κ3) is 4.53. The summed E-state index contributed by atoms with van der Waals surface area (Å²) in [5.41, 5.74) is 0.390. The minimum absolute atomic E-state index is 0.118. The monoisotopic (exact) mass is 398 g/mol. The van der Waals surface area contributed by atoms with Crippen molar-refractivity contribution in [3.05, 3.63) is 63.7 Å². The molecule has 1 aliphatic heterocycles. The van der Waals surface area contributed by atoms with Crippen molar-refractivity contribution in [3.63, 3.8) is 0 Å². The molecule has 0 aromatic heterocycles. The van der Waals surface area contributed by atoms with Gasteiger partial charge in [-0.05, 0) is 24.8 Å². The molecule has 2 aromatic rings. The topological polar surface area (TPSA) is 99.0 Å². The van der Waals surface area contributed by atoms with Gasteiger partial charge in [0.05, 0.1) is 24.1 Å². The van der Waals surface area contributed by atoms with Gasteiger partial charge in [0.15, 0.2) is 11.5 Å². The van der Waals surface area contributed by atoms with E-state index in [4.69, 9.17) is 9.47 Å². The summed E-state index contributed by atoms with van der Waals surface area (Å²) in [6.45, 7) is 0.578. The third-order valence-electron chi connectivity index (χ3n) is 4.91. The molecule has 29 heavy (non-hydrogen) atoms. The van der Waals surface area contributed by atoms with E-state index in [9.17, 15) is 19.7 Å². The first kappa shape index (κ1) is 20.3. The molecular weight excluding hydrogens is 376 g/mol. The van der Waals surface area contributed by atoms with Gasteiger partial charge in [0.25, 0.3) is 11.6 Å². The SMILES string of the molecule is COc1cc(C(=O)N2CCCC[C@@H]2C=O)c([N+](=O)[O-])cc1OCc1ccccc1. The van der Waals surface area contributed by atoms with Gasteiger partial charge in [-0.25, -0.2) is 0 Å². The van der Waals surface area contributed by atoms with E-state index in [0.717, 1.165) is 24.7 Å². The summed E-state index contributed by atoms with van der Waals surface area (Å²) >= 11 is 0. The number of amides is 1. The zero-order valence-electron chi connectivity index (χ0n) is 16.1. The van der Waals surface area contributed by atoms with Crippen molar-refractivity contribution >= 4 is 17.9 Å². The summed E-state index contributed by atoms with van der Waals surface area (Å²) < 4.78 is 11.0. The minimum Gasteiger partial charge on any atom is -0.493 e. The van der Waals surface area contributed by atoms with Crippen molar-refractivity contribution in [1.29, 1.82) is 0 Å². The molecule has 8 heteroatoms. The van der Waals surface area contributed by atoms with Crippen LogP contribution in [0.4, 0.5) is 5.69 Å². The van der Waals surface area contributed by atoms with Gasteiger partial charge in [-0.3, -0.25) is 14.9 Å². The number of rotatable bonds is 7. The number of ether oxygens (including phenoxy) is 2. The molecule has 8 nitrogen and oxygen atoms in total. The molecule has 2 aromatic carbocycles. The fraction of sp³-hybridized carbons (Fsp3) is 0.333. The van der Waals surface area contributed by atoms with Gasteiger partial charge in [-0.1, -0.05) is 30.3 Å². The van der Waals surface area contributed by atoms with Crippen LogP contribution in [0.2, 0.25) is 0 Å². The number of hydrogen-bond donors (Lipinski definition) is 0. The Kier molecular flexibility index (Phi) is 6.43. The molecule has 1 aliphatic rings. The fourth-order valence-corrected chi connectivity index (χ4v) is 3.38. The number of likely N-dealkylation sites (tertiary alicyclic amines) is 1. The van der Waals surface area contributed by atoms with Crippen molar-refractivity contribution in [3.8, 4) is 11.5 Å². The second kappa shape index (κ2) is 9.18. The Morgan fingerprint density at radius 1 is 1.24 bits per heavy atom. The van der Waals surface area contributed by atoms with Crippen LogP contribution in [0.25, 0.3) is 0 Å². The molecule has 0 bridgehead atoms. The second-order valence-corrected chi connectivity index (χ2v) is 6.75. The summed E-state index contributed by atoms with van der Waals surface area (Å²) in [6.07, 6.45) is 2.86. The van der Waals surface area contributed by atoms with E-state index < -0.39 is 16.9 Å². The Bertz CT molecular complexity index is 900. The van der Waals surface area contributed by atoms with Crippen molar-refractivity contribution < 1.29 is 24.0 Å². The molecule has 0 N–H and O–H groups in total. The van der Waals surface area contributed by atoms with Crippen LogP contribution < -0.4 is 9.47 Å². The molecule has 0 radical (unpaired) electrons. The average molecular weight is 398 g/mol. The highest BCUT2D eigenvalue weighted by atomic mass is 16.6. The normalized spacial score (nSPS) is 16.2. The van der Waals surface area contributed by atoms with Gasteiger partial charge in [-0.2, -0.15) is 0 Å². The molecule has 1 fully saturated rings. The van der Waals surface area contributed by atoms with Gasteiger partial charge in [0, 0.05) is 12.6 Å². The van der Waals surface area contributed by atoms with Crippen LogP contribution in [0.15, 0.2) is 42.5 Å². The molecule has 0 spiro atoms. The lowest BCUT2D eigenvalue weighted by Gasteiger charge is -2.32. The van der Waals surface area contributed by atoms with Crippen LogP contribution in [0, 0.1) is 10.1 Å². The predicted molar refractivity (Wildman–Crippen MR) is 105 cm³/mol. The number of carbonyl (C=O) groups is 2. The number of carbonyl (C=O) groups excluding carboxylic acids is 2. The smallest absolute Gasteiger partial charge is 0.286 e. The zero-order valence-corrected chi connectivity index (χ0v) is 16.1. The minimum atomic E-state index is -0.623. The Balaban J connectivity index is 1.93. The molecule has 1 saturated heterocycles. The summed E-state index contributed by atoms with van der Waals surface area (Å²) in [7, 11) is 1.40. The van der Waals surface area contributed by atoms with E-state index in [1.54, 1.807) is 0 Å². The third-order valence-corrected chi connectivity index (χ3v) is 4.91. The number of aldehydes is 1. The first-order valence-corrected chi connectivity index (χ1v) is 9.34. The molecule has 3 rings (SSSR count). The molecule has 0 unspecified atom stereocenters. The quantitative estimate of drug-likeness (QED) is 0.403. The van der Waals surface area contributed by atoms with Crippen LogP contribution in [-0.4, -0.2) is 41.7 Å². The van der Waals surface area contributed by atoms with Crippen LogP contribution in [0.1, 0.15) is 35.2 Å². The molecule has 1 atom stereocenters. The van der Waals surface area contributed by atoms with Crippen molar-refractivity contribution in [2.45, 2.75) is 31.9 Å². The highest BCUT2D eigenvalue weighted by Gasteiger charge is 2.32. The molecule has 0 saturated carbocycles. The Morgan fingerprint density at radius 2 is 2.00 bits per heavy atom. The number of methoxy groups -OCH3 is 1. The number of benzene rings is 2. The molecule has 0 aliphatic carbocycles. The number of nitrogens with zero attached hydrogens (tertiary/aromatic N) is 2. The summed E-state index contributed by atoms with van der Waals surface area (Å²) in [6, 6.07) is 11.3. The zero-order chi connectivity index (χ0) is 20.8. The maximum Gasteiger partial charge on any atom is 0.286 e. The summed E-state index contributed by atoms with van der Waals surface area (Å²) in [5.74, 6) is -0.166. The average Bonchev–Trinajstić information content (AvgIpc) is 2.77. The van der Waals surface area contributed by atoms with Gasteiger partial charge < -0.3 is 19.2 Å². The van der Waals surface area contributed by atoms with E-state index in [0.29, 0.717) is 13.0 Å². The lowest BCUT2D eigenvalue weighted by Crippen LogP contribution is -2.44. The Morgan fingerprint density at radius 3 is 2.66 bits per heavy atom. The van der Waals surface area contributed by atoms with E-state index in [2.05, 4.69) is 0 Å². The van der Waals surface area contributed by atoms with Crippen LogP contribution in [0.5, 0.6) is 11.5 Å².